The molecule has 2 atom stereocenters. The summed E-state index contributed by atoms with van der Waals surface area (Å²) < 4.78 is 1.44. The second-order valence-corrected chi connectivity index (χ2v) is 7.21. The van der Waals surface area contributed by atoms with Crippen molar-refractivity contribution in [2.75, 3.05) is 11.6 Å². The van der Waals surface area contributed by atoms with Crippen molar-refractivity contribution in [2.45, 2.75) is 43.8 Å². The number of benzene rings is 1. The molecule has 1 fully saturated rings. The second kappa shape index (κ2) is 7.70. The largest absolute Gasteiger partial charge is 0.352 e. The molecule has 24 heavy (non-hydrogen) atoms. The number of nitrogens with zero attached hydrogens (tertiary/aromatic N) is 3. The van der Waals surface area contributed by atoms with Gasteiger partial charge in [0.1, 0.15) is 0 Å². The van der Waals surface area contributed by atoms with E-state index in [0.29, 0.717) is 28.7 Å². The highest BCUT2D eigenvalue weighted by atomic mass is 32.2. The van der Waals surface area contributed by atoms with Crippen LogP contribution < -0.4 is 11.2 Å². The van der Waals surface area contributed by atoms with Crippen molar-refractivity contribution in [1.29, 1.82) is 0 Å². The summed E-state index contributed by atoms with van der Waals surface area (Å²) in [7, 11) is 0. The number of hydrogen-bond acceptors (Lipinski definition) is 5. The highest BCUT2D eigenvalue weighted by Crippen LogP contribution is 2.24. The SMILES string of the molecule is C[C@@H]1CCCC[C@H]1NC(=O)CSc1nnc(-c2ccccc2)n1N. The summed E-state index contributed by atoms with van der Waals surface area (Å²) >= 11 is 1.31. The first-order chi connectivity index (χ1) is 11.6. The monoisotopic (exact) mass is 345 g/mol. The van der Waals surface area contributed by atoms with Gasteiger partial charge in [0.2, 0.25) is 11.1 Å². The van der Waals surface area contributed by atoms with Gasteiger partial charge in [-0.15, -0.1) is 10.2 Å². The van der Waals surface area contributed by atoms with E-state index in [2.05, 4.69) is 22.4 Å². The van der Waals surface area contributed by atoms with Gasteiger partial charge in [-0.2, -0.15) is 0 Å². The Kier molecular flexibility index (Phi) is 5.40. The maximum Gasteiger partial charge on any atom is 0.230 e. The number of carbonyl (C=O) groups is 1. The minimum atomic E-state index is 0.0306. The Morgan fingerprint density at radius 3 is 2.79 bits per heavy atom. The van der Waals surface area contributed by atoms with E-state index in [0.717, 1.165) is 12.0 Å². The first-order valence-corrected chi connectivity index (χ1v) is 9.32. The molecule has 2 aromatic rings. The van der Waals surface area contributed by atoms with Crippen LogP contribution in [0.25, 0.3) is 11.4 Å². The predicted octanol–water partition coefficient (Wildman–Crippen LogP) is 2.45. The van der Waals surface area contributed by atoms with Crippen molar-refractivity contribution in [3.63, 3.8) is 0 Å². The van der Waals surface area contributed by atoms with Gasteiger partial charge in [0.25, 0.3) is 0 Å². The molecule has 0 saturated heterocycles. The lowest BCUT2D eigenvalue weighted by Crippen LogP contribution is -2.41. The lowest BCUT2D eigenvalue weighted by atomic mass is 9.86. The van der Waals surface area contributed by atoms with E-state index in [1.54, 1.807) is 0 Å². The number of nitrogen functional groups attached to an aromatic ring is 1. The highest BCUT2D eigenvalue weighted by molar-refractivity contribution is 7.99. The van der Waals surface area contributed by atoms with E-state index >= 15 is 0 Å². The first kappa shape index (κ1) is 16.8. The molecule has 0 spiro atoms. The summed E-state index contributed by atoms with van der Waals surface area (Å²) in [5.41, 5.74) is 0.903. The summed E-state index contributed by atoms with van der Waals surface area (Å²) in [6, 6.07) is 9.94. The molecule has 1 amide bonds. The van der Waals surface area contributed by atoms with Crippen molar-refractivity contribution in [3.8, 4) is 11.4 Å². The van der Waals surface area contributed by atoms with E-state index in [4.69, 9.17) is 5.84 Å². The van der Waals surface area contributed by atoms with Crippen molar-refractivity contribution >= 4 is 17.7 Å². The van der Waals surface area contributed by atoms with Gasteiger partial charge < -0.3 is 11.2 Å². The van der Waals surface area contributed by atoms with Crippen molar-refractivity contribution in [2.24, 2.45) is 5.92 Å². The number of thioether (sulfide) groups is 1. The summed E-state index contributed by atoms with van der Waals surface area (Å²) in [6.45, 7) is 2.21. The van der Waals surface area contributed by atoms with E-state index in [9.17, 15) is 4.79 Å². The molecular formula is C17H23N5OS. The summed E-state index contributed by atoms with van der Waals surface area (Å²) in [6.07, 6.45) is 4.72. The third-order valence-corrected chi connectivity index (χ3v) is 5.43. The molecule has 0 aliphatic heterocycles. The lowest BCUT2D eigenvalue weighted by molar-refractivity contribution is -0.119. The van der Waals surface area contributed by atoms with Crippen LogP contribution in [-0.4, -0.2) is 32.6 Å². The van der Waals surface area contributed by atoms with Crippen LogP contribution in [0.15, 0.2) is 35.5 Å². The summed E-state index contributed by atoms with van der Waals surface area (Å²) in [4.78, 5) is 12.2. The van der Waals surface area contributed by atoms with Crippen molar-refractivity contribution < 1.29 is 4.79 Å². The number of rotatable bonds is 5. The van der Waals surface area contributed by atoms with E-state index in [1.807, 2.05) is 30.3 Å². The second-order valence-electron chi connectivity index (χ2n) is 6.27. The molecule has 0 radical (unpaired) electrons. The molecule has 6 nitrogen and oxygen atoms in total. The maximum absolute atomic E-state index is 12.2. The Morgan fingerprint density at radius 2 is 2.04 bits per heavy atom. The van der Waals surface area contributed by atoms with Crippen LogP contribution in [0.2, 0.25) is 0 Å². The molecular weight excluding hydrogens is 322 g/mol. The Labute approximate surface area is 146 Å². The van der Waals surface area contributed by atoms with Crippen LogP contribution in [-0.2, 0) is 4.79 Å². The number of carbonyl (C=O) groups excluding carboxylic acids is 1. The average Bonchev–Trinajstić information content (AvgIpc) is 2.97. The molecule has 128 valence electrons. The van der Waals surface area contributed by atoms with Crippen LogP contribution in [0.4, 0.5) is 0 Å². The van der Waals surface area contributed by atoms with Crippen LogP contribution in [0.5, 0.6) is 0 Å². The van der Waals surface area contributed by atoms with Crippen molar-refractivity contribution in [1.82, 2.24) is 20.2 Å². The Morgan fingerprint density at radius 1 is 1.29 bits per heavy atom. The zero-order valence-corrected chi connectivity index (χ0v) is 14.6. The van der Waals surface area contributed by atoms with Crippen molar-refractivity contribution in [3.05, 3.63) is 30.3 Å². The predicted molar refractivity (Wildman–Crippen MR) is 95.9 cm³/mol. The summed E-state index contributed by atoms with van der Waals surface area (Å²) in [5, 5.41) is 11.9. The third kappa shape index (κ3) is 3.90. The molecule has 1 heterocycles. The van der Waals surface area contributed by atoms with E-state index < -0.39 is 0 Å². The molecule has 3 rings (SSSR count). The fourth-order valence-corrected chi connectivity index (χ4v) is 3.74. The third-order valence-electron chi connectivity index (χ3n) is 4.49. The van der Waals surface area contributed by atoms with Gasteiger partial charge in [0, 0.05) is 11.6 Å². The molecule has 3 N–H and O–H groups in total. The quantitative estimate of drug-likeness (QED) is 0.642. The normalized spacial score (nSPS) is 20.7. The average molecular weight is 345 g/mol. The van der Waals surface area contributed by atoms with Crippen LogP contribution in [0, 0.1) is 5.92 Å². The zero-order valence-electron chi connectivity index (χ0n) is 13.8. The molecule has 1 aromatic heterocycles. The Balaban J connectivity index is 1.57. The topological polar surface area (TPSA) is 85.8 Å². The van der Waals surface area contributed by atoms with Gasteiger partial charge in [0.15, 0.2) is 5.82 Å². The van der Waals surface area contributed by atoms with Crippen LogP contribution in [0.1, 0.15) is 32.6 Å². The molecule has 7 heteroatoms. The number of nitrogens with one attached hydrogen (secondary N) is 1. The fourth-order valence-electron chi connectivity index (χ4n) is 3.07. The highest BCUT2D eigenvalue weighted by Gasteiger charge is 2.23. The molecule has 1 aliphatic carbocycles. The molecule has 1 aromatic carbocycles. The van der Waals surface area contributed by atoms with Gasteiger partial charge >= 0.3 is 0 Å². The molecule has 0 unspecified atom stereocenters. The van der Waals surface area contributed by atoms with E-state index in [-0.39, 0.29) is 5.91 Å². The zero-order chi connectivity index (χ0) is 16.9. The minimum absolute atomic E-state index is 0.0306. The van der Waals surface area contributed by atoms with Gasteiger partial charge in [0.05, 0.1) is 5.75 Å². The number of amides is 1. The number of aromatic nitrogens is 3. The first-order valence-electron chi connectivity index (χ1n) is 8.33. The van der Waals surface area contributed by atoms with E-state index in [1.165, 1.54) is 35.7 Å². The Bertz CT molecular complexity index is 688. The summed E-state index contributed by atoms with van der Waals surface area (Å²) in [5.74, 6) is 7.54. The fraction of sp³-hybridized carbons (Fsp3) is 0.471. The number of nitrogens with two attached hydrogens (primary N) is 1. The molecule has 0 bridgehead atoms. The maximum atomic E-state index is 12.2. The Hall–Kier alpha value is -2.02. The smallest absolute Gasteiger partial charge is 0.230 e. The van der Waals surface area contributed by atoms with Crippen LogP contribution >= 0.6 is 11.8 Å². The van der Waals surface area contributed by atoms with Gasteiger partial charge in [-0.05, 0) is 18.8 Å². The minimum Gasteiger partial charge on any atom is -0.352 e. The lowest BCUT2D eigenvalue weighted by Gasteiger charge is -2.29. The molecule has 1 saturated carbocycles. The number of hydrogen-bond donors (Lipinski definition) is 2. The van der Waals surface area contributed by atoms with Gasteiger partial charge in [-0.3, -0.25) is 4.79 Å². The standard InChI is InChI=1S/C17H23N5OS/c1-12-7-5-6-10-14(12)19-15(23)11-24-17-21-20-16(22(17)18)13-8-3-2-4-9-13/h2-4,8-9,12,14H,5-7,10-11,18H2,1H3,(H,19,23)/t12-,14-/m1/s1. The molecule has 1 aliphatic rings. The van der Waals surface area contributed by atoms with Crippen LogP contribution in [0.3, 0.4) is 0 Å². The van der Waals surface area contributed by atoms with Gasteiger partial charge in [-0.25, -0.2) is 4.68 Å². The van der Waals surface area contributed by atoms with Gasteiger partial charge in [-0.1, -0.05) is 61.9 Å².